The number of hydrogen-bond donors (Lipinski definition) is 1. The second-order valence-corrected chi connectivity index (χ2v) is 3.81. The van der Waals surface area contributed by atoms with Crippen LogP contribution in [0.25, 0.3) is 0 Å². The second kappa shape index (κ2) is 5.70. The Morgan fingerprint density at radius 2 is 1.80 bits per heavy atom. The van der Waals surface area contributed by atoms with Crippen LogP contribution in [0, 0.1) is 5.82 Å². The van der Waals surface area contributed by atoms with Crippen molar-refractivity contribution in [2.24, 2.45) is 0 Å². The molecular formula is C11H8F6O3. The van der Waals surface area contributed by atoms with Gasteiger partial charge in [-0.05, 0) is 18.2 Å². The fourth-order valence-corrected chi connectivity index (χ4v) is 1.19. The number of halogens is 6. The summed E-state index contributed by atoms with van der Waals surface area (Å²) in [6, 6.07) is 2.47. The van der Waals surface area contributed by atoms with E-state index in [1.54, 1.807) is 0 Å². The van der Waals surface area contributed by atoms with E-state index in [0.717, 1.165) is 18.2 Å². The lowest BCUT2D eigenvalue weighted by Gasteiger charge is -2.19. The van der Waals surface area contributed by atoms with Crippen molar-refractivity contribution in [1.82, 2.24) is 0 Å². The molecule has 0 spiro atoms. The molecule has 112 valence electrons. The number of alkyl halides is 5. The van der Waals surface area contributed by atoms with Gasteiger partial charge >= 0.3 is 18.1 Å². The molecule has 0 fully saturated rings. The smallest absolute Gasteiger partial charge is 0.455 e. The Hall–Kier alpha value is -1.77. The van der Waals surface area contributed by atoms with E-state index < -0.39 is 42.7 Å². The molecule has 0 aliphatic carbocycles. The monoisotopic (exact) mass is 302 g/mol. The number of hydrogen-bond acceptors (Lipinski definition) is 2. The predicted octanol–water partition coefficient (Wildman–Crippen LogP) is 3.24. The topological polar surface area (TPSA) is 46.5 Å². The normalized spacial score (nSPS) is 12.5. The summed E-state index contributed by atoms with van der Waals surface area (Å²) in [5, 5.41) is 8.63. The lowest BCUT2D eigenvalue weighted by molar-refractivity contribution is -0.297. The molecule has 1 N–H and O–H groups in total. The standard InChI is InChI=1S/C11H8F6O3/c12-8-2-1-6(9(18)19)3-7(8)4-20-5-10(13,14)11(15,16)17/h1-3H,4-5H2,(H,18,19). The van der Waals surface area contributed by atoms with Crippen molar-refractivity contribution in [3.05, 3.63) is 35.1 Å². The van der Waals surface area contributed by atoms with Crippen LogP contribution < -0.4 is 0 Å². The van der Waals surface area contributed by atoms with Gasteiger partial charge in [-0.25, -0.2) is 9.18 Å². The first-order valence-electron chi connectivity index (χ1n) is 5.08. The van der Waals surface area contributed by atoms with Gasteiger partial charge in [0.25, 0.3) is 0 Å². The number of aromatic carboxylic acids is 1. The molecule has 0 amide bonds. The van der Waals surface area contributed by atoms with Gasteiger partial charge in [-0.3, -0.25) is 0 Å². The van der Waals surface area contributed by atoms with Crippen molar-refractivity contribution in [2.75, 3.05) is 6.61 Å². The molecule has 20 heavy (non-hydrogen) atoms. The molecule has 1 aromatic carbocycles. The Labute approximate surface area is 108 Å². The van der Waals surface area contributed by atoms with Crippen molar-refractivity contribution < 1.29 is 41.0 Å². The Balaban J connectivity index is 2.71. The minimum atomic E-state index is -5.77. The van der Waals surface area contributed by atoms with Gasteiger partial charge in [0.05, 0.1) is 12.2 Å². The fourth-order valence-electron chi connectivity index (χ4n) is 1.19. The van der Waals surface area contributed by atoms with Gasteiger partial charge in [0, 0.05) is 5.56 Å². The number of rotatable bonds is 5. The summed E-state index contributed by atoms with van der Waals surface area (Å²) < 4.78 is 77.8. The maximum absolute atomic E-state index is 13.2. The zero-order chi connectivity index (χ0) is 15.6. The van der Waals surface area contributed by atoms with Gasteiger partial charge in [-0.2, -0.15) is 22.0 Å². The molecule has 0 aromatic heterocycles. The molecule has 0 atom stereocenters. The number of carbonyl (C=O) groups is 1. The molecule has 0 saturated heterocycles. The van der Waals surface area contributed by atoms with Crippen LogP contribution in [-0.2, 0) is 11.3 Å². The third-order valence-corrected chi connectivity index (χ3v) is 2.25. The van der Waals surface area contributed by atoms with E-state index in [-0.39, 0.29) is 5.56 Å². The largest absolute Gasteiger partial charge is 0.478 e. The maximum Gasteiger partial charge on any atom is 0.455 e. The second-order valence-electron chi connectivity index (χ2n) is 3.81. The highest BCUT2D eigenvalue weighted by molar-refractivity contribution is 5.87. The van der Waals surface area contributed by atoms with Crippen LogP contribution in [0.1, 0.15) is 15.9 Å². The first-order valence-corrected chi connectivity index (χ1v) is 5.08. The summed E-state index contributed by atoms with van der Waals surface area (Å²) >= 11 is 0. The van der Waals surface area contributed by atoms with E-state index >= 15 is 0 Å². The van der Waals surface area contributed by atoms with Crippen molar-refractivity contribution >= 4 is 5.97 Å². The van der Waals surface area contributed by atoms with Crippen molar-refractivity contribution in [1.29, 1.82) is 0 Å². The van der Waals surface area contributed by atoms with Crippen LogP contribution in [0.15, 0.2) is 18.2 Å². The quantitative estimate of drug-likeness (QED) is 0.849. The van der Waals surface area contributed by atoms with E-state index in [2.05, 4.69) is 4.74 Å². The SMILES string of the molecule is O=C(O)c1ccc(F)c(COCC(F)(F)C(F)(F)F)c1. The van der Waals surface area contributed by atoms with Crippen LogP contribution in [0.3, 0.4) is 0 Å². The third-order valence-electron chi connectivity index (χ3n) is 2.25. The summed E-state index contributed by atoms with van der Waals surface area (Å²) in [6.07, 6.45) is -5.77. The van der Waals surface area contributed by atoms with Crippen molar-refractivity contribution in [3.8, 4) is 0 Å². The molecule has 0 saturated carbocycles. The fraction of sp³-hybridized carbons (Fsp3) is 0.364. The molecule has 0 aliphatic rings. The van der Waals surface area contributed by atoms with Crippen molar-refractivity contribution in [3.63, 3.8) is 0 Å². The predicted molar refractivity (Wildman–Crippen MR) is 54.0 cm³/mol. The molecule has 0 heterocycles. The van der Waals surface area contributed by atoms with Crippen LogP contribution in [0.4, 0.5) is 26.3 Å². The number of ether oxygens (including phenoxy) is 1. The van der Waals surface area contributed by atoms with Gasteiger partial charge < -0.3 is 9.84 Å². The zero-order valence-electron chi connectivity index (χ0n) is 9.68. The van der Waals surface area contributed by atoms with E-state index in [9.17, 15) is 31.1 Å². The lowest BCUT2D eigenvalue weighted by Crippen LogP contribution is -2.40. The first-order chi connectivity index (χ1) is 9.04. The number of carboxylic acids is 1. The summed E-state index contributed by atoms with van der Waals surface area (Å²) in [6.45, 7) is -2.88. The van der Waals surface area contributed by atoms with E-state index in [4.69, 9.17) is 5.11 Å². The van der Waals surface area contributed by atoms with Crippen molar-refractivity contribution in [2.45, 2.75) is 18.7 Å². The van der Waals surface area contributed by atoms with Crippen LogP contribution in [-0.4, -0.2) is 29.8 Å². The summed E-state index contributed by atoms with van der Waals surface area (Å²) in [4.78, 5) is 10.6. The summed E-state index contributed by atoms with van der Waals surface area (Å²) in [7, 11) is 0. The highest BCUT2D eigenvalue weighted by Crippen LogP contribution is 2.35. The lowest BCUT2D eigenvalue weighted by atomic mass is 10.1. The van der Waals surface area contributed by atoms with Crippen LogP contribution >= 0.6 is 0 Å². The highest BCUT2D eigenvalue weighted by atomic mass is 19.4. The van der Waals surface area contributed by atoms with Crippen LogP contribution in [0.5, 0.6) is 0 Å². The molecule has 9 heteroatoms. The third kappa shape index (κ3) is 3.86. The van der Waals surface area contributed by atoms with E-state index in [1.165, 1.54) is 0 Å². The average molecular weight is 302 g/mol. The number of carboxylic acid groups (broad SMARTS) is 1. The molecule has 0 unspecified atom stereocenters. The zero-order valence-corrected chi connectivity index (χ0v) is 9.68. The van der Waals surface area contributed by atoms with E-state index in [0.29, 0.717) is 0 Å². The molecule has 1 rings (SSSR count). The number of benzene rings is 1. The van der Waals surface area contributed by atoms with Gasteiger partial charge in [0.15, 0.2) is 0 Å². The maximum atomic E-state index is 13.2. The average Bonchev–Trinajstić information content (AvgIpc) is 2.29. The molecule has 0 aliphatic heterocycles. The molecule has 3 nitrogen and oxygen atoms in total. The Morgan fingerprint density at radius 1 is 1.20 bits per heavy atom. The van der Waals surface area contributed by atoms with Crippen LogP contribution in [0.2, 0.25) is 0 Å². The molecule has 0 radical (unpaired) electrons. The van der Waals surface area contributed by atoms with Gasteiger partial charge in [-0.1, -0.05) is 0 Å². The highest BCUT2D eigenvalue weighted by Gasteiger charge is 2.57. The Bertz CT molecular complexity index is 497. The Morgan fingerprint density at radius 3 is 2.30 bits per heavy atom. The summed E-state index contributed by atoms with van der Waals surface area (Å²) in [5.41, 5.74) is -0.768. The van der Waals surface area contributed by atoms with Gasteiger partial charge in [0.2, 0.25) is 0 Å². The van der Waals surface area contributed by atoms with Gasteiger partial charge in [-0.15, -0.1) is 0 Å². The molecular weight excluding hydrogens is 294 g/mol. The molecule has 1 aromatic rings. The first kappa shape index (κ1) is 16.3. The minimum Gasteiger partial charge on any atom is -0.478 e. The Kier molecular flexibility index (Phi) is 4.64. The van der Waals surface area contributed by atoms with Gasteiger partial charge in [0.1, 0.15) is 12.4 Å². The summed E-state index contributed by atoms with van der Waals surface area (Å²) in [5.74, 6) is -7.43. The minimum absolute atomic E-state index is 0.340. The van der Waals surface area contributed by atoms with E-state index in [1.807, 2.05) is 0 Å². The molecule has 0 bridgehead atoms.